The molecule has 3 amide bonds. The van der Waals surface area contributed by atoms with E-state index < -0.39 is 12.3 Å². The number of para-hydroxylation sites is 1. The Morgan fingerprint density at radius 1 is 1.14 bits per heavy atom. The average Bonchev–Trinajstić information content (AvgIpc) is 3.25. The van der Waals surface area contributed by atoms with Gasteiger partial charge in [0.05, 0.1) is 11.3 Å². The van der Waals surface area contributed by atoms with E-state index in [2.05, 4.69) is 10.5 Å². The maximum absolute atomic E-state index is 13.4. The Kier molecular flexibility index (Phi) is 3.45. The molecule has 1 aromatic carbocycles. The van der Waals surface area contributed by atoms with Gasteiger partial charge in [0.2, 0.25) is 4.80 Å². The number of hydrogen-bond acceptors (Lipinski definition) is 6. The molecule has 10 heteroatoms. The largest absolute Gasteiger partial charge is 0.323 e. The topological polar surface area (TPSA) is 90.2 Å². The maximum atomic E-state index is 13.4. The van der Waals surface area contributed by atoms with Gasteiger partial charge < -0.3 is 14.7 Å². The van der Waals surface area contributed by atoms with Crippen LogP contribution in [0.25, 0.3) is 5.57 Å². The smallest absolute Gasteiger partial charge is 0.308 e. The van der Waals surface area contributed by atoms with E-state index in [1.54, 1.807) is 19.0 Å². The Bertz CT molecular complexity index is 1210. The van der Waals surface area contributed by atoms with Gasteiger partial charge in [0, 0.05) is 26.2 Å². The molecule has 2 aromatic rings. The van der Waals surface area contributed by atoms with Gasteiger partial charge in [0.25, 0.3) is 11.5 Å². The number of thiazole rings is 1. The monoisotopic (exact) mass is 398 g/mol. The van der Waals surface area contributed by atoms with E-state index in [-0.39, 0.29) is 17.5 Å². The van der Waals surface area contributed by atoms with E-state index in [1.807, 2.05) is 31.2 Å². The molecule has 2 unspecified atom stereocenters. The Labute approximate surface area is 163 Å². The molecule has 0 spiro atoms. The predicted molar refractivity (Wildman–Crippen MR) is 103 cm³/mol. The van der Waals surface area contributed by atoms with Gasteiger partial charge >= 0.3 is 6.03 Å². The number of likely N-dealkylation sites (N-methyl/N-ethyl adjacent to an activating group) is 3. The third-order valence-corrected chi connectivity index (χ3v) is 6.59. The molecule has 28 heavy (non-hydrogen) atoms. The van der Waals surface area contributed by atoms with Crippen LogP contribution in [0.1, 0.15) is 18.7 Å². The van der Waals surface area contributed by atoms with E-state index in [0.717, 1.165) is 11.3 Å². The first-order valence-electron chi connectivity index (χ1n) is 8.95. The fourth-order valence-corrected chi connectivity index (χ4v) is 5.20. The van der Waals surface area contributed by atoms with Gasteiger partial charge in [-0.05, 0) is 13.0 Å². The van der Waals surface area contributed by atoms with Crippen LogP contribution < -0.4 is 25.2 Å². The number of aromatic nitrogens is 1. The van der Waals surface area contributed by atoms with Crippen molar-refractivity contribution in [2.24, 2.45) is 5.10 Å². The molecule has 144 valence electrons. The van der Waals surface area contributed by atoms with Crippen molar-refractivity contribution in [3.63, 3.8) is 0 Å². The highest BCUT2D eigenvalue weighted by Gasteiger charge is 2.46. The molecule has 4 heterocycles. The van der Waals surface area contributed by atoms with Crippen molar-refractivity contribution in [2.45, 2.75) is 19.3 Å². The molecule has 9 nitrogen and oxygen atoms in total. The standard InChI is InChI=1S/C18H18N6O3S/c1-4-23-10-8-6-5-7-9(10)11(15(23)25)12-16(26)24-14-13(19-20-17(24)28-12)21(2)18(27)22(14)3/h5-8,13-14,19H,4H2,1-3H3/b12-11-. The number of nitrogens with one attached hydrogen (secondary N) is 1. The van der Waals surface area contributed by atoms with Crippen LogP contribution in [-0.4, -0.2) is 53.1 Å². The molecule has 1 fully saturated rings. The lowest BCUT2D eigenvalue weighted by Crippen LogP contribution is -2.52. The molecule has 0 bridgehead atoms. The first kappa shape index (κ1) is 17.0. The Morgan fingerprint density at radius 2 is 1.89 bits per heavy atom. The van der Waals surface area contributed by atoms with Gasteiger partial charge in [-0.25, -0.2) is 4.79 Å². The summed E-state index contributed by atoms with van der Waals surface area (Å²) in [6.45, 7) is 2.42. The maximum Gasteiger partial charge on any atom is 0.323 e. The minimum atomic E-state index is -0.517. The molecular weight excluding hydrogens is 380 g/mol. The van der Waals surface area contributed by atoms with E-state index in [4.69, 9.17) is 0 Å². The summed E-state index contributed by atoms with van der Waals surface area (Å²) in [5.41, 5.74) is 4.63. The van der Waals surface area contributed by atoms with Crippen LogP contribution in [0.4, 0.5) is 10.5 Å². The van der Waals surface area contributed by atoms with Crippen molar-refractivity contribution in [1.29, 1.82) is 0 Å². The highest BCUT2D eigenvalue weighted by Crippen LogP contribution is 2.34. The lowest BCUT2D eigenvalue weighted by Gasteiger charge is -2.27. The number of nitrogens with zero attached hydrogens (tertiary/aromatic N) is 5. The summed E-state index contributed by atoms with van der Waals surface area (Å²) in [5.74, 6) is -0.183. The van der Waals surface area contributed by atoms with Gasteiger partial charge in [0.15, 0.2) is 12.3 Å². The number of anilines is 1. The van der Waals surface area contributed by atoms with Crippen LogP contribution in [0.2, 0.25) is 0 Å². The molecule has 5 rings (SSSR count). The minimum Gasteiger partial charge on any atom is -0.308 e. The number of amides is 3. The first-order chi connectivity index (χ1) is 13.5. The van der Waals surface area contributed by atoms with Crippen molar-refractivity contribution < 1.29 is 9.59 Å². The summed E-state index contributed by atoms with van der Waals surface area (Å²) in [6, 6.07) is 7.28. The van der Waals surface area contributed by atoms with Crippen molar-refractivity contribution in [3.05, 3.63) is 49.5 Å². The van der Waals surface area contributed by atoms with E-state index in [0.29, 0.717) is 21.5 Å². The molecule has 2 atom stereocenters. The quantitative estimate of drug-likeness (QED) is 0.697. The lowest BCUT2D eigenvalue weighted by atomic mass is 10.1. The molecule has 0 aliphatic carbocycles. The van der Waals surface area contributed by atoms with Gasteiger partial charge in [-0.2, -0.15) is 0 Å². The first-order valence-corrected chi connectivity index (χ1v) is 9.77. The zero-order valence-corrected chi connectivity index (χ0v) is 16.4. The lowest BCUT2D eigenvalue weighted by molar-refractivity contribution is -0.113. The highest BCUT2D eigenvalue weighted by atomic mass is 32.1. The van der Waals surface area contributed by atoms with Crippen molar-refractivity contribution in [3.8, 4) is 0 Å². The predicted octanol–water partition coefficient (Wildman–Crippen LogP) is -0.565. The Balaban J connectivity index is 1.81. The van der Waals surface area contributed by atoms with Crippen LogP contribution in [0, 0.1) is 0 Å². The number of urea groups is 1. The summed E-state index contributed by atoms with van der Waals surface area (Å²) in [6.07, 6.45) is -0.953. The molecule has 1 N–H and O–H groups in total. The van der Waals surface area contributed by atoms with Crippen LogP contribution in [0.15, 0.2) is 34.2 Å². The number of fused-ring (bicyclic) bond motifs is 4. The molecule has 0 saturated carbocycles. The number of carbonyl (C=O) groups excluding carboxylic acids is 2. The fraction of sp³-hybridized carbons (Fsp3) is 0.333. The fourth-order valence-electron chi connectivity index (χ4n) is 4.14. The Hall–Kier alpha value is -3.14. The van der Waals surface area contributed by atoms with Crippen molar-refractivity contribution in [2.75, 3.05) is 25.5 Å². The second kappa shape index (κ2) is 5.68. The van der Waals surface area contributed by atoms with Crippen molar-refractivity contribution >= 4 is 34.5 Å². The summed E-state index contributed by atoms with van der Waals surface area (Å²) in [4.78, 5) is 44.0. The van der Waals surface area contributed by atoms with Gasteiger partial charge in [-0.1, -0.05) is 29.5 Å². The van der Waals surface area contributed by atoms with Crippen LogP contribution in [0.5, 0.6) is 0 Å². The molecular formula is C18H18N6O3S. The summed E-state index contributed by atoms with van der Waals surface area (Å²) >= 11 is 1.17. The van der Waals surface area contributed by atoms with E-state index in [1.165, 1.54) is 25.7 Å². The minimum absolute atomic E-state index is 0.183. The third kappa shape index (κ3) is 1.95. The second-order valence-corrected chi connectivity index (χ2v) is 7.91. The average molecular weight is 398 g/mol. The number of rotatable bonds is 1. The Morgan fingerprint density at radius 3 is 2.64 bits per heavy atom. The van der Waals surface area contributed by atoms with E-state index >= 15 is 0 Å². The van der Waals surface area contributed by atoms with Crippen LogP contribution in [-0.2, 0) is 4.79 Å². The zero-order valence-electron chi connectivity index (χ0n) is 15.5. The normalized spacial score (nSPS) is 24.8. The number of carbonyl (C=O) groups is 2. The van der Waals surface area contributed by atoms with Gasteiger partial charge in [-0.3, -0.25) is 19.6 Å². The molecule has 0 radical (unpaired) electrons. The molecule has 3 aliphatic rings. The van der Waals surface area contributed by atoms with Gasteiger partial charge in [0.1, 0.15) is 4.53 Å². The molecule has 3 aliphatic heterocycles. The number of hydrogen-bond donors (Lipinski definition) is 1. The van der Waals surface area contributed by atoms with Crippen molar-refractivity contribution in [1.82, 2.24) is 19.8 Å². The van der Waals surface area contributed by atoms with Crippen LogP contribution >= 0.6 is 11.3 Å². The molecule has 1 aromatic heterocycles. The van der Waals surface area contributed by atoms with Crippen LogP contribution in [0.3, 0.4) is 0 Å². The number of benzene rings is 1. The third-order valence-electron chi connectivity index (χ3n) is 5.54. The highest BCUT2D eigenvalue weighted by molar-refractivity contribution is 7.07. The zero-order chi connectivity index (χ0) is 19.7. The summed E-state index contributed by atoms with van der Waals surface area (Å²) in [5, 5.41) is 4.30. The summed E-state index contributed by atoms with van der Waals surface area (Å²) < 4.78 is 1.87. The SMILES string of the molecule is CCN1C(=O)/C(=c2\sc3n(c2=O)C2C(NN=3)N(C)C(=O)N2C)c2ccccc21. The summed E-state index contributed by atoms with van der Waals surface area (Å²) in [7, 11) is 3.33. The van der Waals surface area contributed by atoms with Gasteiger partial charge in [-0.15, -0.1) is 5.10 Å². The van der Waals surface area contributed by atoms with E-state index in [9.17, 15) is 14.4 Å². The second-order valence-electron chi connectivity index (χ2n) is 6.93. The molecule has 1 saturated heterocycles.